The van der Waals surface area contributed by atoms with Crippen molar-refractivity contribution < 1.29 is 13.2 Å². The normalized spacial score (nSPS) is 11.3. The number of carbonyl (C=O) groups is 1. The molecule has 1 amide bonds. The fourth-order valence-electron chi connectivity index (χ4n) is 1.70. The summed E-state index contributed by atoms with van der Waals surface area (Å²) in [5, 5.41) is 5.10. The molecular weight excluding hydrogens is 256 g/mol. The number of nitrogens with two attached hydrogens (primary N) is 3. The average molecular weight is 272 g/mol. The Morgan fingerprint density at radius 3 is 2.39 bits per heavy atom. The molecule has 0 atom stereocenters. The Labute approximate surface area is 106 Å². The smallest absolute Gasteiger partial charge is 0.238 e. The van der Waals surface area contributed by atoms with E-state index in [0.717, 1.165) is 0 Å². The summed E-state index contributed by atoms with van der Waals surface area (Å²) in [4.78, 5) is 12.3. The van der Waals surface area contributed by atoms with Crippen LogP contribution in [0, 0.1) is 6.92 Å². The molecule has 0 spiro atoms. The molecule has 0 saturated carbocycles. The largest absolute Gasteiger partial charge is 0.399 e. The zero-order valence-electron chi connectivity index (χ0n) is 10.2. The Morgan fingerprint density at radius 2 is 1.94 bits per heavy atom. The Bertz CT molecular complexity index is 583. The standard InChI is InChI=1S/C10H16N4O3S/c1-6-8(14(2)5-10(12)15)3-7(11)4-9(6)18(13,16)17/h3-4H,5,11H2,1-2H3,(H2,12,15)(H2,13,16,17). The molecule has 0 aromatic heterocycles. The van der Waals surface area contributed by atoms with E-state index >= 15 is 0 Å². The van der Waals surface area contributed by atoms with Crippen LogP contribution in [0.5, 0.6) is 0 Å². The molecule has 7 nitrogen and oxygen atoms in total. The highest BCUT2D eigenvalue weighted by atomic mass is 32.2. The lowest BCUT2D eigenvalue weighted by molar-refractivity contribution is -0.116. The maximum Gasteiger partial charge on any atom is 0.238 e. The fourth-order valence-corrected chi connectivity index (χ4v) is 2.54. The Morgan fingerprint density at radius 1 is 1.39 bits per heavy atom. The first-order valence-electron chi connectivity index (χ1n) is 5.05. The minimum absolute atomic E-state index is 0.0473. The van der Waals surface area contributed by atoms with E-state index in [1.807, 2.05) is 0 Å². The van der Waals surface area contributed by atoms with Gasteiger partial charge < -0.3 is 16.4 Å². The van der Waals surface area contributed by atoms with Crippen LogP contribution in [0.1, 0.15) is 5.56 Å². The van der Waals surface area contributed by atoms with E-state index in [0.29, 0.717) is 11.3 Å². The number of sulfonamides is 1. The Hall–Kier alpha value is -1.80. The van der Waals surface area contributed by atoms with E-state index in [1.165, 1.54) is 11.0 Å². The van der Waals surface area contributed by atoms with Crippen LogP contribution < -0.4 is 21.5 Å². The predicted molar refractivity (Wildman–Crippen MR) is 69.4 cm³/mol. The maximum atomic E-state index is 11.4. The van der Waals surface area contributed by atoms with Crippen LogP contribution in [0.2, 0.25) is 0 Å². The van der Waals surface area contributed by atoms with Gasteiger partial charge in [-0.05, 0) is 24.6 Å². The first-order chi connectivity index (χ1) is 8.12. The fraction of sp³-hybridized carbons (Fsp3) is 0.300. The minimum Gasteiger partial charge on any atom is -0.399 e. The van der Waals surface area contributed by atoms with Gasteiger partial charge in [0.1, 0.15) is 0 Å². The third-order valence-corrected chi connectivity index (χ3v) is 3.50. The van der Waals surface area contributed by atoms with Crippen molar-refractivity contribution in [1.82, 2.24) is 0 Å². The Balaban J connectivity index is 3.38. The van der Waals surface area contributed by atoms with Crippen LogP contribution in [0.15, 0.2) is 17.0 Å². The molecule has 0 heterocycles. The third-order valence-electron chi connectivity index (χ3n) is 2.47. The van der Waals surface area contributed by atoms with Gasteiger partial charge in [-0.25, -0.2) is 13.6 Å². The van der Waals surface area contributed by atoms with Gasteiger partial charge in [0.05, 0.1) is 11.4 Å². The molecule has 0 fully saturated rings. The molecule has 18 heavy (non-hydrogen) atoms. The number of benzene rings is 1. The molecule has 0 saturated heterocycles. The highest BCUT2D eigenvalue weighted by Crippen LogP contribution is 2.28. The lowest BCUT2D eigenvalue weighted by Crippen LogP contribution is -2.31. The second-order valence-corrected chi connectivity index (χ2v) is 5.56. The molecule has 100 valence electrons. The molecule has 0 aliphatic rings. The van der Waals surface area contributed by atoms with Crippen molar-refractivity contribution in [3.63, 3.8) is 0 Å². The molecule has 0 unspecified atom stereocenters. The molecule has 0 radical (unpaired) electrons. The number of likely N-dealkylation sites (N-methyl/N-ethyl adjacent to an activating group) is 1. The summed E-state index contributed by atoms with van der Waals surface area (Å²) in [5.74, 6) is -0.531. The number of hydrogen-bond acceptors (Lipinski definition) is 5. The van der Waals surface area contributed by atoms with Gasteiger partial charge in [0.15, 0.2) is 0 Å². The van der Waals surface area contributed by atoms with Gasteiger partial charge in [-0.3, -0.25) is 4.79 Å². The third kappa shape index (κ3) is 3.11. The quantitative estimate of drug-likeness (QED) is 0.614. The van der Waals surface area contributed by atoms with Gasteiger partial charge in [-0.1, -0.05) is 0 Å². The van der Waals surface area contributed by atoms with E-state index in [1.54, 1.807) is 20.0 Å². The summed E-state index contributed by atoms with van der Waals surface area (Å²) < 4.78 is 22.8. The van der Waals surface area contributed by atoms with Gasteiger partial charge in [0.25, 0.3) is 0 Å². The van der Waals surface area contributed by atoms with Crippen LogP contribution in [-0.2, 0) is 14.8 Å². The summed E-state index contributed by atoms with van der Waals surface area (Å²) in [7, 11) is -2.25. The van der Waals surface area contributed by atoms with Crippen molar-refractivity contribution in [2.75, 3.05) is 24.2 Å². The van der Waals surface area contributed by atoms with Crippen molar-refractivity contribution in [2.24, 2.45) is 10.9 Å². The summed E-state index contributed by atoms with van der Waals surface area (Å²) in [6.07, 6.45) is 0. The van der Waals surface area contributed by atoms with Crippen molar-refractivity contribution in [1.29, 1.82) is 0 Å². The minimum atomic E-state index is -3.86. The van der Waals surface area contributed by atoms with Crippen molar-refractivity contribution in [3.8, 4) is 0 Å². The van der Waals surface area contributed by atoms with Gasteiger partial charge >= 0.3 is 0 Å². The molecule has 1 aromatic carbocycles. The zero-order valence-corrected chi connectivity index (χ0v) is 11.0. The number of anilines is 2. The van der Waals surface area contributed by atoms with Crippen molar-refractivity contribution >= 4 is 27.3 Å². The van der Waals surface area contributed by atoms with Crippen molar-refractivity contribution in [3.05, 3.63) is 17.7 Å². The SMILES string of the molecule is Cc1c(N(C)CC(N)=O)cc(N)cc1S(N)(=O)=O. The number of amides is 1. The second-order valence-electron chi connectivity index (χ2n) is 4.03. The van der Waals surface area contributed by atoms with Crippen LogP contribution in [0.25, 0.3) is 0 Å². The zero-order chi connectivity index (χ0) is 14.1. The molecule has 0 aliphatic heterocycles. The molecular formula is C10H16N4O3S. The van der Waals surface area contributed by atoms with Crippen LogP contribution in [0.3, 0.4) is 0 Å². The topological polar surface area (TPSA) is 133 Å². The number of carbonyl (C=O) groups excluding carboxylic acids is 1. The number of rotatable bonds is 4. The average Bonchev–Trinajstić information content (AvgIpc) is 2.18. The van der Waals surface area contributed by atoms with E-state index in [2.05, 4.69) is 0 Å². The summed E-state index contributed by atoms with van der Waals surface area (Å²) in [6, 6.07) is 2.85. The number of nitrogen functional groups attached to an aromatic ring is 1. The van der Waals surface area contributed by atoms with E-state index < -0.39 is 15.9 Å². The van der Waals surface area contributed by atoms with Gasteiger partial charge in [0.2, 0.25) is 15.9 Å². The maximum absolute atomic E-state index is 11.4. The van der Waals surface area contributed by atoms with Gasteiger partial charge in [0, 0.05) is 18.4 Å². The first kappa shape index (κ1) is 14.3. The van der Waals surface area contributed by atoms with Crippen LogP contribution >= 0.6 is 0 Å². The van der Waals surface area contributed by atoms with Crippen LogP contribution in [0.4, 0.5) is 11.4 Å². The highest BCUT2D eigenvalue weighted by molar-refractivity contribution is 7.89. The van der Waals surface area contributed by atoms with E-state index in [4.69, 9.17) is 16.6 Å². The highest BCUT2D eigenvalue weighted by Gasteiger charge is 2.18. The molecule has 8 heteroatoms. The molecule has 0 aliphatic carbocycles. The molecule has 1 aromatic rings. The lowest BCUT2D eigenvalue weighted by Gasteiger charge is -2.21. The monoisotopic (exact) mass is 272 g/mol. The van der Waals surface area contributed by atoms with Gasteiger partial charge in [-0.15, -0.1) is 0 Å². The molecule has 1 rings (SSSR count). The first-order valence-corrected chi connectivity index (χ1v) is 6.60. The lowest BCUT2D eigenvalue weighted by atomic mass is 10.1. The van der Waals surface area contributed by atoms with E-state index in [9.17, 15) is 13.2 Å². The second kappa shape index (κ2) is 4.83. The number of primary sulfonamides is 1. The predicted octanol–water partition coefficient (Wildman–Crippen LogP) is -0.854. The number of primary amides is 1. The van der Waals surface area contributed by atoms with Crippen molar-refractivity contribution in [2.45, 2.75) is 11.8 Å². The van der Waals surface area contributed by atoms with Crippen LogP contribution in [-0.4, -0.2) is 27.9 Å². The number of hydrogen-bond donors (Lipinski definition) is 3. The molecule has 6 N–H and O–H groups in total. The molecule has 0 bridgehead atoms. The number of nitrogens with zero attached hydrogens (tertiary/aromatic N) is 1. The van der Waals surface area contributed by atoms with Gasteiger partial charge in [-0.2, -0.15) is 0 Å². The summed E-state index contributed by atoms with van der Waals surface area (Å²) in [6.45, 7) is 1.54. The Kier molecular flexibility index (Phi) is 3.82. The summed E-state index contributed by atoms with van der Waals surface area (Å²) >= 11 is 0. The van der Waals surface area contributed by atoms with E-state index in [-0.39, 0.29) is 17.1 Å². The summed E-state index contributed by atoms with van der Waals surface area (Å²) in [5.41, 5.74) is 11.9.